The fourth-order valence-electron chi connectivity index (χ4n) is 5.63. The largest absolute Gasteiger partial charge is 0.352 e. The lowest BCUT2D eigenvalue weighted by Gasteiger charge is -2.34. The second-order valence-electron chi connectivity index (χ2n) is 10.1. The lowest BCUT2D eigenvalue weighted by molar-refractivity contribution is -0.131. The van der Waals surface area contributed by atoms with Gasteiger partial charge in [0.25, 0.3) is 0 Å². The van der Waals surface area contributed by atoms with E-state index in [1.54, 1.807) is 0 Å². The number of aromatic nitrogens is 4. The monoisotopic (exact) mass is 482 g/mol. The summed E-state index contributed by atoms with van der Waals surface area (Å²) in [6.45, 7) is 6.29. The van der Waals surface area contributed by atoms with Gasteiger partial charge in [-0.2, -0.15) is 0 Å². The van der Waals surface area contributed by atoms with Crippen LogP contribution in [0.4, 0.5) is 0 Å². The number of carbonyl (C=O) groups is 2. The average molecular weight is 483 g/mol. The van der Waals surface area contributed by atoms with E-state index >= 15 is 0 Å². The second kappa shape index (κ2) is 9.98. The van der Waals surface area contributed by atoms with Crippen molar-refractivity contribution in [3.05, 3.63) is 24.3 Å². The fraction of sp³-hybridized carbons (Fsp3) is 0.600. The number of hydrogen-bond acceptors (Lipinski definition) is 5. The Hall–Kier alpha value is -2.55. The molecule has 1 saturated carbocycles. The van der Waals surface area contributed by atoms with Crippen LogP contribution in [0.1, 0.15) is 52.4 Å². The second-order valence-corrected chi connectivity index (χ2v) is 11.1. The zero-order chi connectivity index (χ0) is 23.7. The van der Waals surface area contributed by atoms with Crippen molar-refractivity contribution in [2.75, 3.05) is 18.8 Å². The quantitative estimate of drug-likeness (QED) is 0.541. The molecule has 1 saturated heterocycles. The van der Waals surface area contributed by atoms with Gasteiger partial charge in [-0.1, -0.05) is 57.0 Å². The Labute approximate surface area is 204 Å². The number of carbonyl (C=O) groups excluding carboxylic acids is 2. The first kappa shape index (κ1) is 23.2. The standard InChI is InChI=1S/C25H34N6O2S/c1-17-12-18(2)14-29(13-17)23(33)16-34-25-28-27-24-30(20-10-6-7-11-21(20)31(24)25)15-22(32)26-19-8-4-3-5-9-19/h6-7,10-11,17-19H,3-5,8-9,12-16H2,1-2H3,(H,26,32)/t17-,18+. The van der Waals surface area contributed by atoms with Gasteiger partial charge in [0.15, 0.2) is 5.16 Å². The lowest BCUT2D eigenvalue weighted by atomic mass is 9.92. The number of thioether (sulfide) groups is 1. The Morgan fingerprint density at radius 3 is 2.47 bits per heavy atom. The summed E-state index contributed by atoms with van der Waals surface area (Å²) < 4.78 is 3.91. The number of fused-ring (bicyclic) bond motifs is 3. The molecule has 182 valence electrons. The van der Waals surface area contributed by atoms with E-state index in [4.69, 9.17) is 0 Å². The van der Waals surface area contributed by atoms with E-state index in [9.17, 15) is 9.59 Å². The van der Waals surface area contributed by atoms with Crippen LogP contribution < -0.4 is 5.32 Å². The van der Waals surface area contributed by atoms with Crippen LogP contribution in [-0.4, -0.2) is 60.8 Å². The number of para-hydroxylation sites is 2. The molecule has 0 bridgehead atoms. The van der Waals surface area contributed by atoms with Crippen LogP contribution in [0.25, 0.3) is 16.8 Å². The minimum absolute atomic E-state index is 0.0101. The number of likely N-dealkylation sites (tertiary alicyclic amines) is 1. The molecule has 2 aromatic heterocycles. The Morgan fingerprint density at radius 2 is 1.74 bits per heavy atom. The number of imidazole rings is 1. The van der Waals surface area contributed by atoms with Crippen LogP contribution >= 0.6 is 11.8 Å². The van der Waals surface area contributed by atoms with Gasteiger partial charge < -0.3 is 10.2 Å². The van der Waals surface area contributed by atoms with Gasteiger partial charge in [-0.3, -0.25) is 18.6 Å². The summed E-state index contributed by atoms with van der Waals surface area (Å²) >= 11 is 1.42. The summed E-state index contributed by atoms with van der Waals surface area (Å²) in [5.74, 6) is 2.20. The van der Waals surface area contributed by atoms with E-state index in [0.717, 1.165) is 37.0 Å². The van der Waals surface area contributed by atoms with Gasteiger partial charge in [-0.25, -0.2) is 0 Å². The molecule has 0 unspecified atom stereocenters. The molecule has 9 heteroatoms. The predicted octanol–water partition coefficient (Wildman–Crippen LogP) is 3.73. The van der Waals surface area contributed by atoms with E-state index in [1.807, 2.05) is 38.1 Å². The van der Waals surface area contributed by atoms with E-state index in [-0.39, 0.29) is 24.4 Å². The topological polar surface area (TPSA) is 84.5 Å². The first-order valence-electron chi connectivity index (χ1n) is 12.5. The molecule has 2 aliphatic rings. The Morgan fingerprint density at radius 1 is 1.03 bits per heavy atom. The van der Waals surface area contributed by atoms with E-state index in [0.29, 0.717) is 28.5 Å². The Bertz CT molecular complexity index is 1170. The molecule has 3 aromatic rings. The van der Waals surface area contributed by atoms with E-state index < -0.39 is 0 Å². The van der Waals surface area contributed by atoms with Gasteiger partial charge in [-0.05, 0) is 43.2 Å². The summed E-state index contributed by atoms with van der Waals surface area (Å²) in [6.07, 6.45) is 6.91. The highest BCUT2D eigenvalue weighted by Gasteiger charge is 2.26. The van der Waals surface area contributed by atoms with Crippen molar-refractivity contribution in [1.82, 2.24) is 29.4 Å². The predicted molar refractivity (Wildman–Crippen MR) is 134 cm³/mol. The lowest BCUT2D eigenvalue weighted by Crippen LogP contribution is -2.43. The van der Waals surface area contributed by atoms with Crippen LogP contribution in [0.15, 0.2) is 29.4 Å². The first-order chi connectivity index (χ1) is 16.5. The SMILES string of the molecule is C[C@@H]1C[C@H](C)CN(C(=O)CSc2nnc3n(CC(=O)NC4CCCCC4)c4ccccc4n23)C1. The first-order valence-corrected chi connectivity index (χ1v) is 13.5. The normalized spacial score (nSPS) is 21.9. The molecule has 1 aliphatic carbocycles. The molecule has 8 nitrogen and oxygen atoms in total. The van der Waals surface area contributed by atoms with Crippen molar-refractivity contribution >= 4 is 40.4 Å². The van der Waals surface area contributed by atoms with Gasteiger partial charge >= 0.3 is 0 Å². The third-order valence-electron chi connectivity index (χ3n) is 7.09. The summed E-state index contributed by atoms with van der Waals surface area (Å²) in [7, 11) is 0. The molecule has 0 spiro atoms. The summed E-state index contributed by atoms with van der Waals surface area (Å²) in [5.41, 5.74) is 1.89. The van der Waals surface area contributed by atoms with Crippen molar-refractivity contribution in [2.45, 2.75) is 70.1 Å². The Balaban J connectivity index is 1.34. The van der Waals surface area contributed by atoms with Crippen molar-refractivity contribution in [3.8, 4) is 0 Å². The van der Waals surface area contributed by atoms with Crippen molar-refractivity contribution in [3.63, 3.8) is 0 Å². The number of hydrogen-bond donors (Lipinski definition) is 1. The van der Waals surface area contributed by atoms with Crippen molar-refractivity contribution in [1.29, 1.82) is 0 Å². The minimum atomic E-state index is 0.0101. The summed E-state index contributed by atoms with van der Waals surface area (Å²) in [5, 5.41) is 12.7. The number of piperidine rings is 1. The van der Waals surface area contributed by atoms with Crippen LogP contribution in [0.2, 0.25) is 0 Å². The molecule has 1 aliphatic heterocycles. The molecule has 5 rings (SSSR count). The number of amides is 2. The average Bonchev–Trinajstić information content (AvgIpc) is 3.37. The number of nitrogens with zero attached hydrogens (tertiary/aromatic N) is 5. The highest BCUT2D eigenvalue weighted by molar-refractivity contribution is 7.99. The minimum Gasteiger partial charge on any atom is -0.352 e. The van der Waals surface area contributed by atoms with Crippen LogP contribution in [-0.2, 0) is 16.1 Å². The molecule has 34 heavy (non-hydrogen) atoms. The highest BCUT2D eigenvalue weighted by atomic mass is 32.2. The summed E-state index contributed by atoms with van der Waals surface area (Å²) in [6, 6.07) is 8.24. The number of rotatable bonds is 6. The fourth-order valence-corrected chi connectivity index (χ4v) is 6.48. The molecular formula is C25H34N6O2S. The van der Waals surface area contributed by atoms with Crippen LogP contribution in [0.3, 0.4) is 0 Å². The maximum Gasteiger partial charge on any atom is 0.240 e. The maximum absolute atomic E-state index is 12.9. The van der Waals surface area contributed by atoms with Crippen molar-refractivity contribution in [2.24, 2.45) is 11.8 Å². The van der Waals surface area contributed by atoms with Gasteiger partial charge in [-0.15, -0.1) is 10.2 Å². The zero-order valence-electron chi connectivity index (χ0n) is 20.1. The third kappa shape index (κ3) is 4.80. The van der Waals surface area contributed by atoms with Gasteiger partial charge in [0.05, 0.1) is 16.8 Å². The van der Waals surface area contributed by atoms with Crippen LogP contribution in [0, 0.1) is 11.8 Å². The molecule has 2 amide bonds. The smallest absolute Gasteiger partial charge is 0.240 e. The van der Waals surface area contributed by atoms with Crippen molar-refractivity contribution < 1.29 is 9.59 Å². The van der Waals surface area contributed by atoms with Gasteiger partial charge in [0.2, 0.25) is 17.6 Å². The Kier molecular flexibility index (Phi) is 6.81. The molecular weight excluding hydrogens is 448 g/mol. The highest BCUT2D eigenvalue weighted by Crippen LogP contribution is 2.27. The molecule has 2 atom stereocenters. The maximum atomic E-state index is 12.9. The van der Waals surface area contributed by atoms with E-state index in [1.165, 1.54) is 37.4 Å². The van der Waals surface area contributed by atoms with Gasteiger partial charge in [0, 0.05) is 19.1 Å². The van der Waals surface area contributed by atoms with Crippen LogP contribution in [0.5, 0.6) is 0 Å². The molecule has 0 radical (unpaired) electrons. The van der Waals surface area contributed by atoms with Gasteiger partial charge in [0.1, 0.15) is 6.54 Å². The zero-order valence-corrected chi connectivity index (χ0v) is 20.9. The third-order valence-corrected chi connectivity index (χ3v) is 8.00. The van der Waals surface area contributed by atoms with E-state index in [2.05, 4.69) is 29.4 Å². The number of benzene rings is 1. The molecule has 3 heterocycles. The molecule has 2 fully saturated rings. The number of nitrogens with one attached hydrogen (secondary N) is 1. The molecule has 1 N–H and O–H groups in total. The molecule has 1 aromatic carbocycles. The summed E-state index contributed by atoms with van der Waals surface area (Å²) in [4.78, 5) is 27.8.